The van der Waals surface area contributed by atoms with Gasteiger partial charge in [0, 0.05) is 6.04 Å². The first-order valence-electron chi connectivity index (χ1n) is 4.50. The molecule has 1 amide bonds. The lowest BCUT2D eigenvalue weighted by atomic mass is 10.1. The van der Waals surface area contributed by atoms with Crippen LogP contribution >= 0.6 is 0 Å². The van der Waals surface area contributed by atoms with Crippen LogP contribution < -0.4 is 5.32 Å². The minimum atomic E-state index is -0.356. The molecule has 0 atom stereocenters. The summed E-state index contributed by atoms with van der Waals surface area (Å²) in [5, 5.41) is 21.3. The van der Waals surface area contributed by atoms with Gasteiger partial charge in [0.15, 0.2) is 11.5 Å². The predicted molar refractivity (Wildman–Crippen MR) is 50.3 cm³/mol. The Morgan fingerprint density at radius 2 is 2.07 bits per heavy atom. The second-order valence-electron chi connectivity index (χ2n) is 3.42. The van der Waals surface area contributed by atoms with Crippen LogP contribution in [0, 0.1) is 0 Å². The van der Waals surface area contributed by atoms with Gasteiger partial charge in [-0.2, -0.15) is 0 Å². The molecule has 1 aliphatic carbocycles. The number of carbonyl (C=O) groups is 1. The smallest absolute Gasteiger partial charge is 0.255 e. The highest BCUT2D eigenvalue weighted by Gasteiger charge is 2.25. The number of aromatic hydroxyl groups is 2. The second-order valence-corrected chi connectivity index (χ2v) is 3.42. The lowest BCUT2D eigenvalue weighted by molar-refractivity contribution is 0.0947. The predicted octanol–water partition coefficient (Wildman–Crippen LogP) is 0.990. The van der Waals surface area contributed by atoms with Crippen LogP contribution in [0.15, 0.2) is 18.2 Å². The zero-order chi connectivity index (χ0) is 10.1. The Balaban J connectivity index is 2.21. The minimum Gasteiger partial charge on any atom is -0.504 e. The third kappa shape index (κ3) is 1.64. The number of phenols is 2. The molecule has 0 aliphatic heterocycles. The van der Waals surface area contributed by atoms with Crippen molar-refractivity contribution < 1.29 is 15.0 Å². The van der Waals surface area contributed by atoms with E-state index < -0.39 is 0 Å². The molecule has 0 unspecified atom stereocenters. The van der Waals surface area contributed by atoms with Crippen molar-refractivity contribution in [2.75, 3.05) is 0 Å². The number of hydrogen-bond acceptors (Lipinski definition) is 3. The van der Waals surface area contributed by atoms with E-state index in [2.05, 4.69) is 5.32 Å². The standard InChI is InChI=1S/C10H11NO3/c12-8-3-1-2-7(9(8)13)10(14)11-6-4-5-6/h1-3,6,12-13H,4-5H2,(H,11,14). The summed E-state index contributed by atoms with van der Waals surface area (Å²) >= 11 is 0. The Morgan fingerprint density at radius 1 is 1.36 bits per heavy atom. The van der Waals surface area contributed by atoms with Crippen LogP contribution in [0.5, 0.6) is 11.5 Å². The molecule has 0 radical (unpaired) electrons. The van der Waals surface area contributed by atoms with Gasteiger partial charge >= 0.3 is 0 Å². The SMILES string of the molecule is O=C(NC1CC1)c1cccc(O)c1O. The summed E-state index contributed by atoms with van der Waals surface area (Å²) < 4.78 is 0. The first-order valence-corrected chi connectivity index (χ1v) is 4.50. The fraction of sp³-hybridized carbons (Fsp3) is 0.300. The third-order valence-electron chi connectivity index (χ3n) is 2.17. The molecule has 1 aliphatic rings. The molecule has 0 aromatic heterocycles. The summed E-state index contributed by atoms with van der Waals surface area (Å²) in [6.07, 6.45) is 1.98. The number of benzene rings is 1. The Morgan fingerprint density at radius 3 is 2.71 bits per heavy atom. The molecule has 1 saturated carbocycles. The summed E-state index contributed by atoms with van der Waals surface area (Å²) in [7, 11) is 0. The van der Waals surface area contributed by atoms with E-state index in [0.29, 0.717) is 0 Å². The maximum atomic E-state index is 11.5. The maximum absolute atomic E-state index is 11.5. The highest BCUT2D eigenvalue weighted by molar-refractivity contribution is 5.97. The first kappa shape index (κ1) is 8.87. The van der Waals surface area contributed by atoms with Gasteiger partial charge in [0.05, 0.1) is 5.56 Å². The van der Waals surface area contributed by atoms with Gasteiger partial charge in [-0.05, 0) is 25.0 Å². The Labute approximate surface area is 81.2 Å². The van der Waals surface area contributed by atoms with Gasteiger partial charge < -0.3 is 15.5 Å². The lowest BCUT2D eigenvalue weighted by Crippen LogP contribution is -2.25. The van der Waals surface area contributed by atoms with Crippen LogP contribution in [0.2, 0.25) is 0 Å². The number of phenolic OH excluding ortho intramolecular Hbond substituents is 2. The molecular formula is C10H11NO3. The zero-order valence-electron chi connectivity index (χ0n) is 7.53. The average Bonchev–Trinajstić information content (AvgIpc) is 2.93. The molecule has 2 rings (SSSR count). The Hall–Kier alpha value is -1.71. The number of para-hydroxylation sites is 1. The van der Waals surface area contributed by atoms with Crippen molar-refractivity contribution in [3.8, 4) is 11.5 Å². The van der Waals surface area contributed by atoms with Gasteiger partial charge in [-0.3, -0.25) is 4.79 Å². The summed E-state index contributed by atoms with van der Waals surface area (Å²) in [4.78, 5) is 11.5. The molecule has 0 heterocycles. The van der Waals surface area contributed by atoms with Gasteiger partial charge in [0.25, 0.3) is 5.91 Å². The topological polar surface area (TPSA) is 69.6 Å². The molecular weight excluding hydrogens is 182 g/mol. The molecule has 0 bridgehead atoms. The summed E-state index contributed by atoms with van der Waals surface area (Å²) in [5.41, 5.74) is 0.122. The lowest BCUT2D eigenvalue weighted by Gasteiger charge is -2.05. The van der Waals surface area contributed by atoms with Crippen LogP contribution in [0.3, 0.4) is 0 Å². The maximum Gasteiger partial charge on any atom is 0.255 e. The average molecular weight is 193 g/mol. The molecule has 1 aromatic carbocycles. The third-order valence-corrected chi connectivity index (χ3v) is 2.17. The first-order chi connectivity index (χ1) is 6.68. The van der Waals surface area contributed by atoms with Crippen LogP contribution in [-0.2, 0) is 0 Å². The van der Waals surface area contributed by atoms with Gasteiger partial charge in [0.2, 0.25) is 0 Å². The number of hydrogen-bond donors (Lipinski definition) is 3. The number of amides is 1. The quantitative estimate of drug-likeness (QED) is 0.613. The van der Waals surface area contributed by atoms with Gasteiger partial charge in [-0.15, -0.1) is 0 Å². The normalized spacial score (nSPS) is 15.1. The fourth-order valence-electron chi connectivity index (χ4n) is 1.21. The van der Waals surface area contributed by atoms with Crippen molar-refractivity contribution in [2.45, 2.75) is 18.9 Å². The van der Waals surface area contributed by atoms with E-state index in [1.54, 1.807) is 0 Å². The minimum absolute atomic E-state index is 0.122. The molecule has 0 saturated heterocycles. The molecule has 14 heavy (non-hydrogen) atoms. The van der Waals surface area contributed by atoms with Gasteiger partial charge in [-0.1, -0.05) is 6.07 Å². The fourth-order valence-corrected chi connectivity index (χ4v) is 1.21. The van der Waals surface area contributed by atoms with E-state index in [0.717, 1.165) is 12.8 Å². The summed E-state index contributed by atoms with van der Waals surface area (Å²) in [6.45, 7) is 0. The number of rotatable bonds is 2. The van der Waals surface area contributed by atoms with Gasteiger partial charge in [0.1, 0.15) is 0 Å². The number of carbonyl (C=O) groups excluding carboxylic acids is 1. The Bertz CT molecular complexity index is 372. The van der Waals surface area contributed by atoms with E-state index in [-0.39, 0.29) is 29.0 Å². The highest BCUT2D eigenvalue weighted by atomic mass is 16.3. The van der Waals surface area contributed by atoms with Crippen molar-refractivity contribution >= 4 is 5.91 Å². The molecule has 1 fully saturated rings. The monoisotopic (exact) mass is 193 g/mol. The van der Waals surface area contributed by atoms with Crippen molar-refractivity contribution in [1.82, 2.24) is 5.32 Å². The molecule has 4 nitrogen and oxygen atoms in total. The molecule has 4 heteroatoms. The van der Waals surface area contributed by atoms with Crippen molar-refractivity contribution in [3.05, 3.63) is 23.8 Å². The van der Waals surface area contributed by atoms with Crippen molar-refractivity contribution in [1.29, 1.82) is 0 Å². The van der Waals surface area contributed by atoms with Crippen LogP contribution in [0.1, 0.15) is 23.2 Å². The summed E-state index contributed by atoms with van der Waals surface area (Å²) in [5.74, 6) is -0.958. The van der Waals surface area contributed by atoms with Crippen LogP contribution in [-0.4, -0.2) is 22.2 Å². The van der Waals surface area contributed by atoms with E-state index in [9.17, 15) is 9.90 Å². The van der Waals surface area contributed by atoms with Crippen molar-refractivity contribution in [2.24, 2.45) is 0 Å². The van der Waals surface area contributed by atoms with Crippen LogP contribution in [0.25, 0.3) is 0 Å². The van der Waals surface area contributed by atoms with Gasteiger partial charge in [-0.25, -0.2) is 0 Å². The zero-order valence-corrected chi connectivity index (χ0v) is 7.53. The molecule has 0 spiro atoms. The largest absolute Gasteiger partial charge is 0.504 e. The van der Waals surface area contributed by atoms with Crippen molar-refractivity contribution in [3.63, 3.8) is 0 Å². The molecule has 74 valence electrons. The second kappa shape index (κ2) is 3.21. The van der Waals surface area contributed by atoms with E-state index in [1.165, 1.54) is 18.2 Å². The Kier molecular flexibility index (Phi) is 2.04. The highest BCUT2D eigenvalue weighted by Crippen LogP contribution is 2.29. The van der Waals surface area contributed by atoms with Crippen LogP contribution in [0.4, 0.5) is 0 Å². The number of nitrogens with one attached hydrogen (secondary N) is 1. The van der Waals surface area contributed by atoms with E-state index in [1.807, 2.05) is 0 Å². The molecule has 1 aromatic rings. The van der Waals surface area contributed by atoms with E-state index >= 15 is 0 Å². The van der Waals surface area contributed by atoms with E-state index in [4.69, 9.17) is 5.11 Å². The molecule has 3 N–H and O–H groups in total. The summed E-state index contributed by atoms with van der Waals surface area (Å²) in [6, 6.07) is 4.58.